The van der Waals surface area contributed by atoms with E-state index in [1.54, 1.807) is 29.2 Å². The topological polar surface area (TPSA) is 84.7 Å². The molecule has 2 amide bonds. The van der Waals surface area contributed by atoms with Crippen LogP contribution in [0.4, 0.5) is 4.39 Å². The third kappa shape index (κ3) is 4.00. The molecule has 2 aromatic rings. The van der Waals surface area contributed by atoms with E-state index in [4.69, 9.17) is 10.5 Å². The van der Waals surface area contributed by atoms with E-state index in [1.807, 2.05) is 0 Å². The molecule has 26 heavy (non-hydrogen) atoms. The minimum Gasteiger partial charge on any atom is -0.488 e. The number of hydrogen-bond donors (Lipinski definition) is 2. The first-order chi connectivity index (χ1) is 12.6. The van der Waals surface area contributed by atoms with Gasteiger partial charge in [0.05, 0.1) is 0 Å². The Hall–Kier alpha value is -2.93. The van der Waals surface area contributed by atoms with Crippen molar-refractivity contribution in [1.29, 1.82) is 0 Å². The third-order valence-corrected chi connectivity index (χ3v) is 4.19. The lowest BCUT2D eigenvalue weighted by Gasteiger charge is -2.27. The molecule has 0 saturated carbocycles. The zero-order valence-electron chi connectivity index (χ0n) is 14.2. The Morgan fingerprint density at radius 3 is 2.62 bits per heavy atom. The number of carbonyl (C=O) groups is 2. The van der Waals surface area contributed by atoms with Crippen LogP contribution in [0.3, 0.4) is 0 Å². The third-order valence-electron chi connectivity index (χ3n) is 4.19. The van der Waals surface area contributed by atoms with E-state index in [2.05, 4.69) is 5.32 Å². The predicted octanol–water partition coefficient (Wildman–Crippen LogP) is 1.55. The first-order valence-corrected chi connectivity index (χ1v) is 8.36. The molecule has 3 N–H and O–H groups in total. The van der Waals surface area contributed by atoms with Gasteiger partial charge in [-0.25, -0.2) is 4.39 Å². The van der Waals surface area contributed by atoms with Gasteiger partial charge >= 0.3 is 0 Å². The van der Waals surface area contributed by atoms with Gasteiger partial charge in [-0.3, -0.25) is 9.59 Å². The van der Waals surface area contributed by atoms with Crippen molar-refractivity contribution in [3.63, 3.8) is 0 Å². The maximum atomic E-state index is 13.8. The Morgan fingerprint density at radius 2 is 1.88 bits per heavy atom. The lowest BCUT2D eigenvalue weighted by molar-refractivity contribution is 0.0735. The summed E-state index contributed by atoms with van der Waals surface area (Å²) >= 11 is 0. The molecule has 0 unspecified atom stereocenters. The zero-order chi connectivity index (χ0) is 18.5. The quantitative estimate of drug-likeness (QED) is 0.850. The molecule has 1 aliphatic heterocycles. The van der Waals surface area contributed by atoms with E-state index in [0.717, 1.165) is 24.7 Å². The largest absolute Gasteiger partial charge is 0.488 e. The zero-order valence-corrected chi connectivity index (χ0v) is 14.2. The van der Waals surface area contributed by atoms with Gasteiger partial charge in [0.15, 0.2) is 0 Å². The molecule has 1 fully saturated rings. The van der Waals surface area contributed by atoms with Crippen LogP contribution in [-0.2, 0) is 6.61 Å². The van der Waals surface area contributed by atoms with E-state index in [9.17, 15) is 14.0 Å². The monoisotopic (exact) mass is 357 g/mol. The summed E-state index contributed by atoms with van der Waals surface area (Å²) < 4.78 is 19.3. The Bertz CT molecular complexity index is 819. The molecule has 0 radical (unpaired) electrons. The Kier molecular flexibility index (Phi) is 5.48. The summed E-state index contributed by atoms with van der Waals surface area (Å²) in [5.41, 5.74) is 6.25. The number of nitrogens with one attached hydrogen (secondary N) is 1. The van der Waals surface area contributed by atoms with Gasteiger partial charge in [-0.05, 0) is 29.8 Å². The maximum absolute atomic E-state index is 13.8. The fourth-order valence-electron chi connectivity index (χ4n) is 2.87. The smallest absolute Gasteiger partial charge is 0.255 e. The van der Waals surface area contributed by atoms with Gasteiger partial charge in [-0.2, -0.15) is 0 Å². The van der Waals surface area contributed by atoms with Gasteiger partial charge in [0.1, 0.15) is 23.7 Å². The van der Waals surface area contributed by atoms with Gasteiger partial charge in [0.25, 0.3) is 11.8 Å². The molecular weight excluding hydrogens is 337 g/mol. The van der Waals surface area contributed by atoms with Gasteiger partial charge in [0.2, 0.25) is 0 Å². The highest BCUT2D eigenvalue weighted by Crippen LogP contribution is 2.22. The lowest BCUT2D eigenvalue weighted by atomic mass is 10.1. The van der Waals surface area contributed by atoms with Gasteiger partial charge < -0.3 is 20.7 Å². The van der Waals surface area contributed by atoms with Gasteiger partial charge in [-0.15, -0.1) is 0 Å². The number of primary amides is 1. The molecule has 1 aliphatic rings. The van der Waals surface area contributed by atoms with E-state index in [1.165, 1.54) is 12.1 Å². The van der Waals surface area contributed by atoms with Crippen molar-refractivity contribution in [2.45, 2.75) is 6.61 Å². The lowest BCUT2D eigenvalue weighted by Crippen LogP contribution is -2.46. The molecule has 1 saturated heterocycles. The number of carbonyl (C=O) groups excluding carboxylic acids is 2. The van der Waals surface area contributed by atoms with Crippen LogP contribution in [-0.4, -0.2) is 42.9 Å². The van der Waals surface area contributed by atoms with Crippen LogP contribution in [0.15, 0.2) is 42.5 Å². The average Bonchev–Trinajstić information content (AvgIpc) is 2.66. The van der Waals surface area contributed by atoms with E-state index < -0.39 is 11.7 Å². The summed E-state index contributed by atoms with van der Waals surface area (Å²) in [5.74, 6) is -1.56. The molecule has 2 aromatic carbocycles. The summed E-state index contributed by atoms with van der Waals surface area (Å²) in [6, 6.07) is 11.2. The number of hydrogen-bond acceptors (Lipinski definition) is 4. The summed E-state index contributed by atoms with van der Waals surface area (Å²) in [6.07, 6.45) is 0. The Labute approximate surface area is 150 Å². The number of halogens is 1. The van der Waals surface area contributed by atoms with Crippen LogP contribution in [0.25, 0.3) is 0 Å². The van der Waals surface area contributed by atoms with E-state index in [-0.39, 0.29) is 23.8 Å². The molecule has 6 nitrogen and oxygen atoms in total. The summed E-state index contributed by atoms with van der Waals surface area (Å²) in [6.45, 7) is 3.00. The Balaban J connectivity index is 1.73. The van der Waals surface area contributed by atoms with Crippen LogP contribution in [0, 0.1) is 5.82 Å². The minimum absolute atomic E-state index is 0.0306. The molecule has 3 rings (SSSR count). The predicted molar refractivity (Wildman–Crippen MR) is 94.5 cm³/mol. The second-order valence-electron chi connectivity index (χ2n) is 6.01. The standard InChI is InChI=1S/C19H20FN3O3/c20-15-5-2-6-16(17(15)18(21)24)26-12-13-3-1-4-14(11-13)19(25)23-9-7-22-8-10-23/h1-6,11,22H,7-10,12H2,(H2,21,24). The summed E-state index contributed by atoms with van der Waals surface area (Å²) in [4.78, 5) is 25.8. The number of nitrogens with two attached hydrogens (primary N) is 1. The van der Waals surface area contributed by atoms with Crippen molar-refractivity contribution in [1.82, 2.24) is 10.2 Å². The van der Waals surface area contributed by atoms with Crippen molar-refractivity contribution in [2.75, 3.05) is 26.2 Å². The number of piperazine rings is 1. The molecule has 1 heterocycles. The summed E-state index contributed by atoms with van der Waals surface area (Å²) in [5, 5.41) is 3.21. The minimum atomic E-state index is -0.888. The number of nitrogens with zero attached hydrogens (tertiary/aromatic N) is 1. The van der Waals surface area contributed by atoms with Crippen molar-refractivity contribution in [3.8, 4) is 5.75 Å². The first-order valence-electron chi connectivity index (χ1n) is 8.36. The molecule has 0 aromatic heterocycles. The SMILES string of the molecule is NC(=O)c1c(F)cccc1OCc1cccc(C(=O)N2CCNCC2)c1. The normalized spacial score (nSPS) is 14.1. The molecule has 0 bridgehead atoms. The van der Waals surface area contributed by atoms with Crippen molar-refractivity contribution in [3.05, 3.63) is 65.0 Å². The number of rotatable bonds is 5. The van der Waals surface area contributed by atoms with Gasteiger partial charge in [0, 0.05) is 31.7 Å². The molecule has 0 aliphatic carbocycles. The Morgan fingerprint density at radius 1 is 1.15 bits per heavy atom. The molecule has 0 spiro atoms. The first kappa shape index (κ1) is 17.9. The molecule has 136 valence electrons. The number of amides is 2. The highest BCUT2D eigenvalue weighted by atomic mass is 19.1. The summed E-state index contributed by atoms with van der Waals surface area (Å²) in [7, 11) is 0. The van der Waals surface area contributed by atoms with Crippen molar-refractivity contribution < 1.29 is 18.7 Å². The van der Waals surface area contributed by atoms with E-state index in [0.29, 0.717) is 18.7 Å². The van der Waals surface area contributed by atoms with Crippen LogP contribution >= 0.6 is 0 Å². The van der Waals surface area contributed by atoms with Crippen molar-refractivity contribution >= 4 is 11.8 Å². The van der Waals surface area contributed by atoms with E-state index >= 15 is 0 Å². The molecule has 7 heteroatoms. The molecule has 0 atom stereocenters. The van der Waals surface area contributed by atoms with Gasteiger partial charge in [-0.1, -0.05) is 18.2 Å². The van der Waals surface area contributed by atoms with Crippen LogP contribution in [0.1, 0.15) is 26.3 Å². The van der Waals surface area contributed by atoms with Crippen LogP contribution in [0.2, 0.25) is 0 Å². The van der Waals surface area contributed by atoms with Crippen LogP contribution in [0.5, 0.6) is 5.75 Å². The maximum Gasteiger partial charge on any atom is 0.255 e. The fraction of sp³-hybridized carbons (Fsp3) is 0.263. The highest BCUT2D eigenvalue weighted by Gasteiger charge is 2.18. The van der Waals surface area contributed by atoms with Crippen molar-refractivity contribution in [2.24, 2.45) is 5.73 Å². The second-order valence-corrected chi connectivity index (χ2v) is 6.01. The highest BCUT2D eigenvalue weighted by molar-refractivity contribution is 5.96. The fourth-order valence-corrected chi connectivity index (χ4v) is 2.87. The second kappa shape index (κ2) is 7.97. The average molecular weight is 357 g/mol. The molecular formula is C19H20FN3O3. The van der Waals surface area contributed by atoms with Crippen LogP contribution < -0.4 is 15.8 Å². The number of ether oxygens (including phenoxy) is 1. The number of benzene rings is 2.